The molecule has 0 bridgehead atoms. The Kier molecular flexibility index (Phi) is 5.49. The molecule has 2 aromatic heterocycles. The van der Waals surface area contributed by atoms with Crippen LogP contribution in [0, 0.1) is 5.92 Å². The Morgan fingerprint density at radius 2 is 1.82 bits per heavy atom. The number of nitrogens with zero attached hydrogens (tertiary/aromatic N) is 3. The van der Waals surface area contributed by atoms with Crippen molar-refractivity contribution in [3.8, 4) is 11.4 Å². The number of hydrogen-bond acceptors (Lipinski definition) is 6. The van der Waals surface area contributed by atoms with Gasteiger partial charge >= 0.3 is 0 Å². The first kappa shape index (κ1) is 21.0. The van der Waals surface area contributed by atoms with E-state index < -0.39 is 14.6 Å². The maximum absolute atomic E-state index is 13.1. The van der Waals surface area contributed by atoms with Crippen molar-refractivity contribution >= 4 is 9.84 Å². The van der Waals surface area contributed by atoms with E-state index in [2.05, 4.69) is 30.9 Å². The third kappa shape index (κ3) is 4.03. The third-order valence-electron chi connectivity index (χ3n) is 5.50. The minimum Gasteiger partial charge on any atom is -0.447 e. The normalized spacial score (nSPS) is 17.2. The maximum atomic E-state index is 13.1. The zero-order chi connectivity index (χ0) is 20.7. The highest BCUT2D eigenvalue weighted by atomic mass is 32.2. The van der Waals surface area contributed by atoms with E-state index in [1.165, 1.54) is 6.26 Å². The summed E-state index contributed by atoms with van der Waals surface area (Å²) in [5, 5.41) is 4.56. The molecule has 0 saturated carbocycles. The van der Waals surface area contributed by atoms with Gasteiger partial charge in [0.25, 0.3) is 0 Å². The number of aryl methyl sites for hydroxylation is 1. The predicted molar refractivity (Wildman–Crippen MR) is 108 cm³/mol. The molecule has 1 aliphatic rings. The highest BCUT2D eigenvalue weighted by molar-refractivity contribution is 7.92. The molecule has 1 fully saturated rings. The molecule has 28 heavy (non-hydrogen) atoms. The van der Waals surface area contributed by atoms with Gasteiger partial charge in [-0.3, -0.25) is 4.68 Å². The molecule has 0 aromatic carbocycles. The molecule has 1 saturated heterocycles. The second-order valence-corrected chi connectivity index (χ2v) is 11.8. The smallest absolute Gasteiger partial charge is 0.215 e. The van der Waals surface area contributed by atoms with Crippen molar-refractivity contribution in [3.05, 3.63) is 23.9 Å². The fraction of sp³-hybridized carbons (Fsp3) is 0.700. The average Bonchev–Trinajstić information content (AvgIpc) is 3.21. The second kappa shape index (κ2) is 7.30. The molecule has 0 unspecified atom stereocenters. The Morgan fingerprint density at radius 1 is 1.18 bits per heavy atom. The molecule has 1 aliphatic heterocycles. The van der Waals surface area contributed by atoms with E-state index in [9.17, 15) is 8.42 Å². The van der Waals surface area contributed by atoms with Crippen LogP contribution >= 0.6 is 0 Å². The van der Waals surface area contributed by atoms with Gasteiger partial charge < -0.3 is 9.15 Å². The number of sulfone groups is 1. The van der Waals surface area contributed by atoms with Crippen LogP contribution in [0.4, 0.5) is 0 Å². The summed E-state index contributed by atoms with van der Waals surface area (Å²) in [4.78, 5) is 4.54. The minimum absolute atomic E-state index is 0.0884. The van der Waals surface area contributed by atoms with Crippen LogP contribution in [-0.2, 0) is 31.8 Å². The lowest BCUT2D eigenvalue weighted by Gasteiger charge is -2.27. The van der Waals surface area contributed by atoms with Crippen molar-refractivity contribution < 1.29 is 17.6 Å². The van der Waals surface area contributed by atoms with Crippen LogP contribution in [-0.4, -0.2) is 42.1 Å². The summed E-state index contributed by atoms with van der Waals surface area (Å²) in [7, 11) is -1.59. The topological polar surface area (TPSA) is 87.2 Å². The number of oxazole rings is 1. The second-order valence-electron chi connectivity index (χ2n) is 9.17. The molecule has 0 spiro atoms. The van der Waals surface area contributed by atoms with Gasteiger partial charge in [-0.1, -0.05) is 20.8 Å². The number of ether oxygens (including phenoxy) is 1. The Morgan fingerprint density at radius 3 is 2.39 bits per heavy atom. The van der Waals surface area contributed by atoms with E-state index in [1.54, 1.807) is 18.5 Å². The van der Waals surface area contributed by atoms with Crippen LogP contribution in [0.15, 0.2) is 16.7 Å². The first-order valence-corrected chi connectivity index (χ1v) is 11.4. The van der Waals surface area contributed by atoms with Gasteiger partial charge in [-0.15, -0.1) is 0 Å². The SMILES string of the molecule is Cn1nc(C(C)(C)C)cc1-c1coc(C(C)(C)S(=O)(=O)CC2CCOCC2)n1. The molecule has 0 N–H and O–H groups in total. The van der Waals surface area contributed by atoms with E-state index in [4.69, 9.17) is 9.15 Å². The largest absolute Gasteiger partial charge is 0.447 e. The summed E-state index contributed by atoms with van der Waals surface area (Å²) in [5.41, 5.74) is 2.25. The molecule has 0 amide bonds. The zero-order valence-electron chi connectivity index (χ0n) is 17.7. The Bertz CT molecular complexity index is 929. The number of hydrogen-bond donors (Lipinski definition) is 0. The van der Waals surface area contributed by atoms with Crippen LogP contribution in [0.3, 0.4) is 0 Å². The molecule has 3 heterocycles. The lowest BCUT2D eigenvalue weighted by Crippen LogP contribution is -2.35. The molecule has 7 nitrogen and oxygen atoms in total. The van der Waals surface area contributed by atoms with E-state index >= 15 is 0 Å². The monoisotopic (exact) mass is 409 g/mol. The summed E-state index contributed by atoms with van der Waals surface area (Å²) in [6.07, 6.45) is 3.07. The fourth-order valence-electron chi connectivity index (χ4n) is 3.31. The molecular formula is C20H31N3O4S. The maximum Gasteiger partial charge on any atom is 0.215 e. The number of rotatable bonds is 5. The summed E-state index contributed by atoms with van der Waals surface area (Å²) in [6, 6.07) is 1.98. The highest BCUT2D eigenvalue weighted by Crippen LogP contribution is 2.34. The van der Waals surface area contributed by atoms with Crippen LogP contribution in [0.2, 0.25) is 0 Å². The summed E-state index contributed by atoms with van der Waals surface area (Å²) in [5.74, 6) is 0.466. The lowest BCUT2D eigenvalue weighted by atomic mass is 9.92. The predicted octanol–water partition coefficient (Wildman–Crippen LogP) is 3.45. The van der Waals surface area contributed by atoms with E-state index in [-0.39, 0.29) is 23.0 Å². The van der Waals surface area contributed by atoms with E-state index in [0.717, 1.165) is 24.2 Å². The Balaban J connectivity index is 1.87. The van der Waals surface area contributed by atoms with Gasteiger partial charge in [-0.05, 0) is 38.7 Å². The van der Waals surface area contributed by atoms with Gasteiger partial charge in [0, 0.05) is 25.7 Å². The summed E-state index contributed by atoms with van der Waals surface area (Å²) in [6.45, 7) is 10.9. The van der Waals surface area contributed by atoms with Gasteiger partial charge in [0.15, 0.2) is 9.84 Å². The lowest BCUT2D eigenvalue weighted by molar-refractivity contribution is 0.0722. The van der Waals surface area contributed by atoms with Crippen LogP contribution in [0.25, 0.3) is 11.4 Å². The molecule has 2 aromatic rings. The quantitative estimate of drug-likeness (QED) is 0.752. The zero-order valence-corrected chi connectivity index (χ0v) is 18.5. The fourth-order valence-corrected chi connectivity index (χ4v) is 5.04. The minimum atomic E-state index is -3.44. The van der Waals surface area contributed by atoms with E-state index in [0.29, 0.717) is 18.9 Å². The molecular weight excluding hydrogens is 378 g/mol. The van der Waals surface area contributed by atoms with Gasteiger partial charge in [-0.2, -0.15) is 5.10 Å². The first-order chi connectivity index (χ1) is 12.9. The number of aromatic nitrogens is 3. The van der Waals surface area contributed by atoms with Crippen LogP contribution in [0.1, 0.15) is 59.0 Å². The van der Waals surface area contributed by atoms with Crippen molar-refractivity contribution in [2.45, 2.75) is 57.6 Å². The average molecular weight is 410 g/mol. The molecule has 3 rings (SSSR count). The van der Waals surface area contributed by atoms with Gasteiger partial charge in [0.1, 0.15) is 16.7 Å². The van der Waals surface area contributed by atoms with Crippen molar-refractivity contribution in [1.29, 1.82) is 0 Å². The van der Waals surface area contributed by atoms with Gasteiger partial charge in [0.2, 0.25) is 5.89 Å². The van der Waals surface area contributed by atoms with Crippen LogP contribution < -0.4 is 0 Å². The first-order valence-electron chi connectivity index (χ1n) is 9.73. The third-order valence-corrected chi connectivity index (χ3v) is 8.14. The van der Waals surface area contributed by atoms with Crippen molar-refractivity contribution in [1.82, 2.24) is 14.8 Å². The Labute approximate surface area is 167 Å². The molecule has 8 heteroatoms. The molecule has 0 atom stereocenters. The molecule has 0 aliphatic carbocycles. The molecule has 0 radical (unpaired) electrons. The van der Waals surface area contributed by atoms with Crippen molar-refractivity contribution in [2.24, 2.45) is 13.0 Å². The standard InChI is InChI=1S/C20H31N3O4S/c1-19(2,3)17-11-16(23(6)22-17)15-12-27-18(21-15)20(4,5)28(24,25)13-14-7-9-26-10-8-14/h11-12,14H,7-10,13H2,1-6H3. The molecule has 156 valence electrons. The van der Waals surface area contributed by atoms with Crippen LogP contribution in [0.5, 0.6) is 0 Å². The Hall–Kier alpha value is -1.67. The van der Waals surface area contributed by atoms with Gasteiger partial charge in [0.05, 0.1) is 17.1 Å². The summed E-state index contributed by atoms with van der Waals surface area (Å²) < 4.78 is 37.8. The van der Waals surface area contributed by atoms with Gasteiger partial charge in [-0.25, -0.2) is 13.4 Å². The van der Waals surface area contributed by atoms with Crippen molar-refractivity contribution in [2.75, 3.05) is 19.0 Å². The van der Waals surface area contributed by atoms with E-state index in [1.807, 2.05) is 13.1 Å². The summed E-state index contributed by atoms with van der Waals surface area (Å²) >= 11 is 0. The highest BCUT2D eigenvalue weighted by Gasteiger charge is 2.42. The van der Waals surface area contributed by atoms with Crippen molar-refractivity contribution in [3.63, 3.8) is 0 Å².